The van der Waals surface area contributed by atoms with Gasteiger partial charge in [-0.2, -0.15) is 31.6 Å². The van der Waals surface area contributed by atoms with Crippen LogP contribution in [0.5, 0.6) is 0 Å². The van der Waals surface area contributed by atoms with Crippen LogP contribution in [0.1, 0.15) is 33.4 Å². The summed E-state index contributed by atoms with van der Waals surface area (Å²) in [6, 6.07) is 15.3. The number of hydrogen-bond acceptors (Lipinski definition) is 1. The highest BCUT2D eigenvalue weighted by atomic mass is 19.4. The fourth-order valence-electron chi connectivity index (χ4n) is 3.59. The monoisotopic (exact) mass is 415 g/mol. The summed E-state index contributed by atoms with van der Waals surface area (Å²) in [7, 11) is 0. The molecule has 0 aromatic heterocycles. The van der Waals surface area contributed by atoms with Crippen LogP contribution < -0.4 is 0 Å². The number of fused-ring (bicyclic) bond motifs is 3. The molecule has 0 N–H and O–H groups in total. The van der Waals surface area contributed by atoms with Crippen molar-refractivity contribution in [2.24, 2.45) is 0 Å². The third-order valence-corrected chi connectivity index (χ3v) is 4.90. The van der Waals surface area contributed by atoms with Gasteiger partial charge in [0.15, 0.2) is 0 Å². The third-order valence-electron chi connectivity index (χ3n) is 4.90. The van der Waals surface area contributed by atoms with Gasteiger partial charge in [0.2, 0.25) is 0 Å². The van der Waals surface area contributed by atoms with Crippen molar-refractivity contribution in [3.63, 3.8) is 0 Å². The van der Waals surface area contributed by atoms with Crippen molar-refractivity contribution in [3.8, 4) is 17.2 Å². The maximum atomic E-state index is 13.8. The zero-order valence-corrected chi connectivity index (χ0v) is 15.1. The van der Waals surface area contributed by atoms with Crippen LogP contribution in [-0.4, -0.2) is 0 Å². The first-order chi connectivity index (χ1) is 14.1. The van der Waals surface area contributed by atoms with E-state index in [-0.39, 0.29) is 22.8 Å². The molecule has 0 unspecified atom stereocenters. The lowest BCUT2D eigenvalue weighted by Gasteiger charge is -2.17. The van der Waals surface area contributed by atoms with Gasteiger partial charge in [0.05, 0.1) is 22.8 Å². The lowest BCUT2D eigenvalue weighted by molar-refractivity contribution is -0.143. The maximum Gasteiger partial charge on any atom is 0.417 e. The predicted molar refractivity (Wildman–Crippen MR) is 100 cm³/mol. The van der Waals surface area contributed by atoms with Crippen molar-refractivity contribution < 1.29 is 26.3 Å². The van der Waals surface area contributed by atoms with Gasteiger partial charge < -0.3 is 0 Å². The van der Waals surface area contributed by atoms with Gasteiger partial charge in [0.1, 0.15) is 0 Å². The van der Waals surface area contributed by atoms with E-state index in [0.29, 0.717) is 22.3 Å². The molecule has 0 aliphatic heterocycles. The van der Waals surface area contributed by atoms with Crippen LogP contribution in [0, 0.1) is 11.3 Å². The second-order valence-corrected chi connectivity index (χ2v) is 6.78. The number of nitriles is 1. The Morgan fingerprint density at radius 1 is 0.733 bits per heavy atom. The molecular weight excluding hydrogens is 404 g/mol. The van der Waals surface area contributed by atoms with E-state index in [1.807, 2.05) is 6.07 Å². The molecule has 0 fully saturated rings. The standard InChI is InChI=1S/C23H11F6N/c24-22(25,26)15-10-19-17-4-2-1-3-16(17)18(21(19)20(11-15)23(27,28)29)9-13-5-7-14(12-30)8-6-13/h1-11H/b18-9+. The molecule has 30 heavy (non-hydrogen) atoms. The molecule has 7 heteroatoms. The second-order valence-electron chi connectivity index (χ2n) is 6.78. The van der Waals surface area contributed by atoms with E-state index < -0.39 is 23.5 Å². The second kappa shape index (κ2) is 6.77. The van der Waals surface area contributed by atoms with Crippen molar-refractivity contribution in [1.82, 2.24) is 0 Å². The minimum atomic E-state index is -4.98. The fourth-order valence-corrected chi connectivity index (χ4v) is 3.59. The highest BCUT2D eigenvalue weighted by Crippen LogP contribution is 2.51. The van der Waals surface area contributed by atoms with E-state index in [2.05, 4.69) is 0 Å². The molecule has 3 aromatic carbocycles. The van der Waals surface area contributed by atoms with Crippen LogP contribution in [0.2, 0.25) is 0 Å². The Morgan fingerprint density at radius 2 is 1.37 bits per heavy atom. The SMILES string of the molecule is N#Cc1ccc(/C=C2\c3ccccc3-c3cc(C(F)(F)F)cc(C(F)(F)F)c32)cc1. The molecule has 150 valence electrons. The van der Waals surface area contributed by atoms with Gasteiger partial charge in [-0.15, -0.1) is 0 Å². The molecule has 4 rings (SSSR count). The molecule has 0 radical (unpaired) electrons. The molecule has 0 bridgehead atoms. The number of rotatable bonds is 1. The quantitative estimate of drug-likeness (QED) is 0.303. The highest BCUT2D eigenvalue weighted by Gasteiger charge is 2.42. The van der Waals surface area contributed by atoms with E-state index in [0.717, 1.165) is 6.07 Å². The van der Waals surface area contributed by atoms with Crippen LogP contribution in [0.15, 0.2) is 60.7 Å². The van der Waals surface area contributed by atoms with Gasteiger partial charge in [0.25, 0.3) is 0 Å². The molecule has 1 nitrogen and oxygen atoms in total. The Labute approximate surface area is 167 Å². The lowest BCUT2D eigenvalue weighted by Crippen LogP contribution is -2.13. The molecule has 0 spiro atoms. The summed E-state index contributed by atoms with van der Waals surface area (Å²) in [5.74, 6) is 0. The summed E-state index contributed by atoms with van der Waals surface area (Å²) < 4.78 is 81.4. The average Bonchev–Trinajstić information content (AvgIpc) is 3.00. The molecule has 0 saturated heterocycles. The third kappa shape index (κ3) is 3.35. The van der Waals surface area contributed by atoms with E-state index >= 15 is 0 Å². The summed E-state index contributed by atoms with van der Waals surface area (Å²) in [4.78, 5) is 0. The Kier molecular flexibility index (Phi) is 4.46. The van der Waals surface area contributed by atoms with Gasteiger partial charge in [-0.25, -0.2) is 0 Å². The van der Waals surface area contributed by atoms with Crippen molar-refractivity contribution in [2.45, 2.75) is 12.4 Å². The smallest absolute Gasteiger partial charge is 0.192 e. The number of alkyl halides is 6. The summed E-state index contributed by atoms with van der Waals surface area (Å²) in [6.45, 7) is 0. The van der Waals surface area contributed by atoms with Crippen molar-refractivity contribution in [2.75, 3.05) is 0 Å². The first-order valence-electron chi connectivity index (χ1n) is 8.74. The van der Waals surface area contributed by atoms with Crippen LogP contribution in [-0.2, 0) is 12.4 Å². The highest BCUT2D eigenvalue weighted by molar-refractivity contribution is 6.07. The average molecular weight is 415 g/mol. The van der Waals surface area contributed by atoms with Gasteiger partial charge >= 0.3 is 12.4 Å². The normalized spacial score (nSPS) is 14.4. The van der Waals surface area contributed by atoms with Crippen LogP contribution in [0.25, 0.3) is 22.8 Å². The van der Waals surface area contributed by atoms with Gasteiger partial charge in [-0.3, -0.25) is 0 Å². The first-order valence-corrected chi connectivity index (χ1v) is 8.74. The number of hydrogen-bond donors (Lipinski definition) is 0. The van der Waals surface area contributed by atoms with E-state index in [1.165, 1.54) is 24.3 Å². The van der Waals surface area contributed by atoms with Gasteiger partial charge in [-0.1, -0.05) is 36.4 Å². The zero-order valence-electron chi connectivity index (χ0n) is 15.1. The Hall–Kier alpha value is -3.53. The Bertz CT molecular complexity index is 1210. The zero-order chi connectivity index (χ0) is 21.7. The van der Waals surface area contributed by atoms with Gasteiger partial charge in [0, 0.05) is 5.56 Å². The van der Waals surface area contributed by atoms with E-state index in [1.54, 1.807) is 30.3 Å². The van der Waals surface area contributed by atoms with E-state index in [4.69, 9.17) is 5.26 Å². The van der Waals surface area contributed by atoms with Crippen molar-refractivity contribution >= 4 is 11.6 Å². The number of benzene rings is 3. The fraction of sp³-hybridized carbons (Fsp3) is 0.0870. The number of nitrogens with zero attached hydrogens (tertiary/aromatic N) is 1. The molecule has 0 atom stereocenters. The minimum absolute atomic E-state index is 0.104. The summed E-state index contributed by atoms with van der Waals surface area (Å²) in [6.07, 6.45) is -8.39. The summed E-state index contributed by atoms with van der Waals surface area (Å²) in [5, 5.41) is 8.91. The topological polar surface area (TPSA) is 23.8 Å². The summed E-state index contributed by atoms with van der Waals surface area (Å²) in [5.41, 5.74) is -1.23. The van der Waals surface area contributed by atoms with Crippen LogP contribution in [0.3, 0.4) is 0 Å². The molecule has 0 saturated carbocycles. The largest absolute Gasteiger partial charge is 0.417 e. The molecule has 1 aliphatic rings. The predicted octanol–water partition coefficient (Wildman–Crippen LogP) is 7.17. The van der Waals surface area contributed by atoms with Gasteiger partial charge in [-0.05, 0) is 58.2 Å². The van der Waals surface area contributed by atoms with Crippen LogP contribution in [0.4, 0.5) is 26.3 Å². The maximum absolute atomic E-state index is 13.8. The van der Waals surface area contributed by atoms with Crippen LogP contribution >= 0.6 is 0 Å². The molecule has 3 aromatic rings. The summed E-state index contributed by atoms with van der Waals surface area (Å²) >= 11 is 0. The lowest BCUT2D eigenvalue weighted by atomic mass is 9.93. The number of halogens is 6. The van der Waals surface area contributed by atoms with Crippen molar-refractivity contribution in [3.05, 3.63) is 94.0 Å². The van der Waals surface area contributed by atoms with Crippen molar-refractivity contribution in [1.29, 1.82) is 5.26 Å². The Balaban J connectivity index is 2.04. The Morgan fingerprint density at radius 3 is 1.93 bits per heavy atom. The first kappa shape index (κ1) is 19.8. The molecular formula is C23H11F6N. The molecule has 1 aliphatic carbocycles. The molecule has 0 heterocycles. The molecule has 0 amide bonds. The minimum Gasteiger partial charge on any atom is -0.192 e. The van der Waals surface area contributed by atoms with E-state index in [9.17, 15) is 26.3 Å².